The minimum Gasteiger partial charge on any atom is -0.382 e. The molecule has 156 valence electrons. The van der Waals surface area contributed by atoms with E-state index in [1.54, 1.807) is 0 Å². The first-order valence-electron chi connectivity index (χ1n) is 10.2. The van der Waals surface area contributed by atoms with Crippen molar-refractivity contribution in [2.45, 2.75) is 43.8 Å². The van der Waals surface area contributed by atoms with Gasteiger partial charge in [-0.25, -0.2) is 4.98 Å². The highest BCUT2D eigenvalue weighted by molar-refractivity contribution is 5.73. The Balaban J connectivity index is 1.34. The van der Waals surface area contributed by atoms with Gasteiger partial charge in [-0.05, 0) is 37.7 Å². The average Bonchev–Trinajstić information content (AvgIpc) is 3.06. The number of hydrogen-bond donors (Lipinski definition) is 1. The van der Waals surface area contributed by atoms with E-state index >= 15 is 0 Å². The third-order valence-corrected chi connectivity index (χ3v) is 5.73. The summed E-state index contributed by atoms with van der Waals surface area (Å²) < 4.78 is 25.7. The molecule has 6 nitrogen and oxygen atoms in total. The number of nitrogens with zero attached hydrogens (tertiary/aromatic N) is 3. The quantitative estimate of drug-likeness (QED) is 0.451. The van der Waals surface area contributed by atoms with E-state index in [2.05, 4.69) is 33.0 Å². The van der Waals surface area contributed by atoms with Crippen molar-refractivity contribution in [3.63, 3.8) is 0 Å². The van der Waals surface area contributed by atoms with Crippen LogP contribution in [0.1, 0.15) is 30.5 Å². The summed E-state index contributed by atoms with van der Waals surface area (Å²) in [5.41, 5.74) is 7.29. The van der Waals surface area contributed by atoms with Crippen LogP contribution in [-0.4, -0.2) is 41.1 Å². The van der Waals surface area contributed by atoms with Crippen LogP contribution in [0.4, 0.5) is 15.9 Å². The van der Waals surface area contributed by atoms with Crippen LogP contribution in [0.3, 0.4) is 0 Å². The van der Waals surface area contributed by atoms with Crippen LogP contribution in [0.25, 0.3) is 0 Å². The summed E-state index contributed by atoms with van der Waals surface area (Å²) >= 11 is 0. The van der Waals surface area contributed by atoms with E-state index in [0.717, 1.165) is 25.7 Å². The van der Waals surface area contributed by atoms with Gasteiger partial charge in [-0.1, -0.05) is 36.3 Å². The van der Waals surface area contributed by atoms with Gasteiger partial charge in [0.1, 0.15) is 5.69 Å². The van der Waals surface area contributed by atoms with Gasteiger partial charge in [0, 0.05) is 12.1 Å². The third-order valence-electron chi connectivity index (χ3n) is 5.73. The predicted molar refractivity (Wildman–Crippen MR) is 113 cm³/mol. The van der Waals surface area contributed by atoms with E-state index < -0.39 is 11.7 Å². The second-order valence-electron chi connectivity index (χ2n) is 7.78. The normalized spacial score (nSPS) is 25.5. The van der Waals surface area contributed by atoms with E-state index in [4.69, 9.17) is 21.6 Å². The molecule has 1 unspecified atom stereocenters. The number of rotatable bonds is 6. The maximum Gasteiger partial charge on any atom is 0.310 e. The summed E-state index contributed by atoms with van der Waals surface area (Å²) in [5.74, 6) is 2.92. The van der Waals surface area contributed by atoms with Gasteiger partial charge in [-0.2, -0.15) is 9.37 Å². The topological polar surface area (TPSA) is 82.6 Å². The highest BCUT2D eigenvalue weighted by Gasteiger charge is 2.42. The Morgan fingerprint density at radius 3 is 2.90 bits per heavy atom. The number of terminal acetylenes is 1. The molecule has 3 heterocycles. The van der Waals surface area contributed by atoms with Crippen LogP contribution in [0.15, 0.2) is 35.3 Å². The maximum absolute atomic E-state index is 13.5. The number of aromatic nitrogens is 2. The molecule has 0 saturated carbocycles. The highest BCUT2D eigenvalue weighted by atomic mass is 19.1. The van der Waals surface area contributed by atoms with Crippen LogP contribution in [0, 0.1) is 24.3 Å². The summed E-state index contributed by atoms with van der Waals surface area (Å²) in [4.78, 5) is 11.8. The van der Waals surface area contributed by atoms with Crippen molar-refractivity contribution in [2.75, 3.05) is 18.9 Å². The van der Waals surface area contributed by atoms with Crippen molar-refractivity contribution < 1.29 is 13.9 Å². The molecule has 2 N–H and O–H groups in total. The minimum atomic E-state index is -0.823. The summed E-state index contributed by atoms with van der Waals surface area (Å²) in [6.45, 7) is 0.950. The Morgan fingerprint density at radius 2 is 2.10 bits per heavy atom. The Morgan fingerprint density at radius 1 is 1.27 bits per heavy atom. The van der Waals surface area contributed by atoms with E-state index in [1.807, 2.05) is 24.4 Å². The van der Waals surface area contributed by atoms with E-state index in [9.17, 15) is 4.39 Å². The Labute approximate surface area is 175 Å². The SMILES string of the molecule is C#C[C@@]1(COCCc2ccccc2)CC[C@H](C2C=Nc3c(N)nc(F)nc3CC2)O1. The fraction of sp³-hybridized carbons (Fsp3) is 0.435. The molecule has 4 rings (SSSR count). The number of fused-ring (bicyclic) bond motifs is 1. The number of nitrogens with two attached hydrogens (primary N) is 1. The molecule has 1 saturated heterocycles. The maximum atomic E-state index is 13.5. The van der Waals surface area contributed by atoms with Crippen molar-refractivity contribution >= 4 is 17.7 Å². The van der Waals surface area contributed by atoms with Gasteiger partial charge in [0.15, 0.2) is 11.4 Å². The van der Waals surface area contributed by atoms with Crippen LogP contribution in [0.2, 0.25) is 0 Å². The summed E-state index contributed by atoms with van der Waals surface area (Å²) in [6, 6.07) is 10.2. The second-order valence-corrected chi connectivity index (χ2v) is 7.78. The molecule has 0 amide bonds. The van der Waals surface area contributed by atoms with Crippen molar-refractivity contribution in [1.29, 1.82) is 0 Å². The lowest BCUT2D eigenvalue weighted by molar-refractivity contribution is -0.0645. The number of nitrogen functional groups attached to an aromatic ring is 1. The molecule has 2 aliphatic heterocycles. The first-order chi connectivity index (χ1) is 14.6. The van der Waals surface area contributed by atoms with E-state index in [0.29, 0.717) is 31.0 Å². The molecule has 7 heteroatoms. The zero-order valence-corrected chi connectivity index (χ0v) is 16.8. The van der Waals surface area contributed by atoms with E-state index in [-0.39, 0.29) is 17.8 Å². The molecular weight excluding hydrogens is 383 g/mol. The van der Waals surface area contributed by atoms with Crippen molar-refractivity contribution in [3.05, 3.63) is 47.7 Å². The molecule has 0 bridgehead atoms. The number of aryl methyl sites for hydroxylation is 1. The van der Waals surface area contributed by atoms with Crippen molar-refractivity contribution in [1.82, 2.24) is 9.97 Å². The lowest BCUT2D eigenvalue weighted by Crippen LogP contribution is -2.35. The van der Waals surface area contributed by atoms with Gasteiger partial charge < -0.3 is 15.2 Å². The largest absolute Gasteiger partial charge is 0.382 e. The Hall–Kier alpha value is -2.82. The van der Waals surface area contributed by atoms with Gasteiger partial charge in [0.2, 0.25) is 0 Å². The molecule has 1 fully saturated rings. The van der Waals surface area contributed by atoms with Crippen LogP contribution in [0.5, 0.6) is 0 Å². The standard InChI is InChI=1S/C23H25FN4O2/c1-2-23(15-29-13-11-16-6-4-3-5-7-16)12-10-19(30-23)17-8-9-18-20(26-14-17)21(25)28-22(24)27-18/h1,3-7,14,17,19H,8-13,15H2,(H2,25,27,28)/t17?,19-,23+/m1/s1. The molecule has 2 aromatic rings. The van der Waals surface area contributed by atoms with Gasteiger partial charge in [0.25, 0.3) is 0 Å². The molecule has 1 aromatic carbocycles. The zero-order valence-electron chi connectivity index (χ0n) is 16.8. The first kappa shape index (κ1) is 20.5. The Bertz CT molecular complexity index is 960. The number of aliphatic imine (C=N–C) groups is 1. The molecule has 0 aliphatic carbocycles. The van der Waals surface area contributed by atoms with Gasteiger partial charge >= 0.3 is 6.08 Å². The van der Waals surface area contributed by atoms with Gasteiger partial charge in [-0.15, -0.1) is 6.42 Å². The minimum absolute atomic E-state index is 0.0428. The number of benzene rings is 1. The van der Waals surface area contributed by atoms with Crippen molar-refractivity contribution in [3.8, 4) is 12.3 Å². The molecular formula is C23H25FN4O2. The number of halogens is 1. The van der Waals surface area contributed by atoms with E-state index in [1.165, 1.54) is 5.56 Å². The Kier molecular flexibility index (Phi) is 6.07. The predicted octanol–water partition coefficient (Wildman–Crippen LogP) is 3.27. The molecule has 1 aromatic heterocycles. The van der Waals surface area contributed by atoms with Crippen molar-refractivity contribution in [2.24, 2.45) is 10.9 Å². The second kappa shape index (κ2) is 8.90. The number of ether oxygens (including phenoxy) is 2. The molecule has 0 spiro atoms. The summed E-state index contributed by atoms with van der Waals surface area (Å²) in [5, 5.41) is 0. The lowest BCUT2D eigenvalue weighted by atomic mass is 9.94. The molecule has 0 radical (unpaired) electrons. The third kappa shape index (κ3) is 4.50. The summed E-state index contributed by atoms with van der Waals surface area (Å²) in [7, 11) is 0. The monoisotopic (exact) mass is 408 g/mol. The number of hydrogen-bond acceptors (Lipinski definition) is 6. The lowest BCUT2D eigenvalue weighted by Gasteiger charge is -2.26. The fourth-order valence-corrected chi connectivity index (χ4v) is 4.04. The van der Waals surface area contributed by atoms with Crippen LogP contribution >= 0.6 is 0 Å². The zero-order chi connectivity index (χ0) is 21.0. The fourth-order valence-electron chi connectivity index (χ4n) is 4.04. The molecule has 2 aliphatic rings. The average molecular weight is 408 g/mol. The van der Waals surface area contributed by atoms with Gasteiger partial charge in [0.05, 0.1) is 25.0 Å². The smallest absolute Gasteiger partial charge is 0.310 e. The molecule has 3 atom stereocenters. The van der Waals surface area contributed by atoms with Crippen LogP contribution < -0.4 is 5.73 Å². The highest BCUT2D eigenvalue weighted by Crippen LogP contribution is 2.37. The molecule has 30 heavy (non-hydrogen) atoms. The van der Waals surface area contributed by atoms with Gasteiger partial charge in [-0.3, -0.25) is 4.99 Å². The first-order valence-corrected chi connectivity index (χ1v) is 10.2. The van der Waals surface area contributed by atoms with Crippen LogP contribution in [-0.2, 0) is 22.3 Å². The number of anilines is 1. The summed E-state index contributed by atoms with van der Waals surface area (Å²) in [6.07, 6.45) is 10.4.